The van der Waals surface area contributed by atoms with E-state index in [0.29, 0.717) is 67.0 Å². The molecule has 0 atom stereocenters. The van der Waals surface area contributed by atoms with Gasteiger partial charge in [-0.05, 0) is 156 Å². The number of esters is 3. The molecule has 504 valence electrons. The van der Waals surface area contributed by atoms with Gasteiger partial charge in [-0.25, -0.2) is 31.9 Å². The van der Waals surface area contributed by atoms with Crippen molar-refractivity contribution in [1.29, 1.82) is 0 Å². The number of carbonyl (C=O) groups is 7. The van der Waals surface area contributed by atoms with Gasteiger partial charge in [0.2, 0.25) is 11.8 Å². The highest BCUT2D eigenvalue weighted by Crippen LogP contribution is 2.37. The molecule has 25 heteroatoms. The maximum absolute atomic E-state index is 13.2. The molecular weight excluding hydrogens is 1270 g/mol. The Morgan fingerprint density at radius 2 is 0.816 bits per heavy atom. The first-order chi connectivity index (χ1) is 47.1. The zero-order valence-electron chi connectivity index (χ0n) is 53.3. The normalized spacial score (nSPS) is 11.9. The summed E-state index contributed by atoms with van der Waals surface area (Å²) in [5, 5.41) is 44.0. The van der Waals surface area contributed by atoms with E-state index in [1.807, 2.05) is 0 Å². The second-order valence-electron chi connectivity index (χ2n) is 22.5. The van der Waals surface area contributed by atoms with Gasteiger partial charge in [0.25, 0.3) is 11.8 Å². The Hall–Kier alpha value is -11.9. The minimum Gasteiger partial charge on any atom is -0.505 e. The summed E-state index contributed by atoms with van der Waals surface area (Å²) in [4.78, 5) is 99.1. The average Bonchev–Trinajstić information content (AvgIpc) is 0.784. The molecule has 1 fully saturated rings. The maximum Gasteiger partial charge on any atom is 0.341 e. The molecule has 0 aliphatic carbocycles. The maximum atomic E-state index is 13.2. The van der Waals surface area contributed by atoms with Gasteiger partial charge < -0.3 is 55.5 Å². The first-order valence-corrected chi connectivity index (χ1v) is 30.5. The summed E-state index contributed by atoms with van der Waals surface area (Å²) in [5.41, 5.74) is 5.85. The molecule has 0 unspecified atom stereocenters. The fraction of sp³-hybridized carbons (Fsp3) is 0.205. The second-order valence-corrected chi connectivity index (χ2v) is 22.5. The van der Waals surface area contributed by atoms with Crippen LogP contribution in [0.25, 0.3) is 32.7 Å². The van der Waals surface area contributed by atoms with Crippen LogP contribution in [0.2, 0.25) is 0 Å². The van der Waals surface area contributed by atoms with E-state index in [1.165, 1.54) is 120 Å². The number of rotatable bonds is 18. The van der Waals surface area contributed by atoms with Crippen molar-refractivity contribution >= 4 is 79.9 Å². The van der Waals surface area contributed by atoms with Crippen molar-refractivity contribution in [2.45, 2.75) is 51.5 Å². The van der Waals surface area contributed by atoms with Crippen LogP contribution in [0.15, 0.2) is 152 Å². The van der Waals surface area contributed by atoms with Gasteiger partial charge in [-0.1, -0.05) is 48.5 Å². The number of aromatic nitrogens is 3. The number of nitrogens with one attached hydrogen (secondary N) is 4. The number of amides is 4. The van der Waals surface area contributed by atoms with Gasteiger partial charge in [0.1, 0.15) is 56.5 Å². The molecule has 4 amide bonds. The minimum atomic E-state index is -0.811. The summed E-state index contributed by atoms with van der Waals surface area (Å²) >= 11 is 0. The number of aromatic hydroxyl groups is 3. The summed E-state index contributed by atoms with van der Waals surface area (Å²) in [6.45, 7) is 2.90. The molecule has 0 saturated carbocycles. The van der Waals surface area contributed by atoms with Gasteiger partial charge in [-0.2, -0.15) is 0 Å². The van der Waals surface area contributed by atoms with Crippen molar-refractivity contribution in [2.75, 3.05) is 52.9 Å². The number of hydrogen-bond donors (Lipinski definition) is 7. The lowest BCUT2D eigenvalue weighted by Gasteiger charge is -2.23. The van der Waals surface area contributed by atoms with E-state index in [1.54, 1.807) is 60.8 Å². The van der Waals surface area contributed by atoms with Gasteiger partial charge in [0.15, 0.2) is 17.2 Å². The van der Waals surface area contributed by atoms with E-state index >= 15 is 0 Å². The molecule has 0 bridgehead atoms. The van der Waals surface area contributed by atoms with Crippen LogP contribution >= 0.6 is 0 Å². The number of pyridine rings is 3. The van der Waals surface area contributed by atoms with E-state index in [4.69, 9.17) is 18.9 Å². The van der Waals surface area contributed by atoms with Crippen LogP contribution in [0.5, 0.6) is 17.2 Å². The Morgan fingerprint density at radius 3 is 1.21 bits per heavy atom. The first kappa shape index (κ1) is 70.5. The number of hydrogen-bond acceptors (Lipinski definition) is 17. The molecule has 4 heterocycles. The molecule has 10 aromatic rings. The zero-order valence-corrected chi connectivity index (χ0v) is 53.3. The molecule has 1 aliphatic heterocycles. The van der Waals surface area contributed by atoms with Crippen molar-refractivity contribution < 1.29 is 85.4 Å². The van der Waals surface area contributed by atoms with E-state index in [0.717, 1.165) is 33.4 Å². The lowest BCUT2D eigenvalue weighted by Crippen LogP contribution is -2.39. The summed E-state index contributed by atoms with van der Waals surface area (Å²) in [6, 6.07) is 32.7. The summed E-state index contributed by atoms with van der Waals surface area (Å²) in [7, 11) is 3.54. The van der Waals surface area contributed by atoms with Crippen LogP contribution in [-0.2, 0) is 54.2 Å². The molecule has 1 saturated heterocycles. The van der Waals surface area contributed by atoms with Crippen molar-refractivity contribution in [1.82, 2.24) is 30.9 Å². The van der Waals surface area contributed by atoms with Crippen molar-refractivity contribution in [3.05, 3.63) is 242 Å². The SMILES string of the molecule is COC(=O)c1cc(C(=O)NC2CCOCC2)c2cc(Cc3ccc(F)cc3)cnc2c1O.COC(=O)c1cc(C(=O)NCCNC(C)=O)c2cc(Cc3ccc(F)cc3)cnc2c1O.COC(=O)c1cc(NC(=O)Cc2ccc(F)cc2)c2cc(Cc3ccc(F)cc3)cnc2c1O. The highest BCUT2D eigenvalue weighted by Gasteiger charge is 2.27. The van der Waals surface area contributed by atoms with Crippen LogP contribution in [-0.4, -0.2) is 125 Å². The Labute approximate surface area is 557 Å². The highest BCUT2D eigenvalue weighted by atomic mass is 19.1. The fourth-order valence-electron chi connectivity index (χ4n) is 10.6. The topological polar surface area (TPSA) is 304 Å². The molecule has 0 radical (unpaired) electrons. The third-order valence-corrected chi connectivity index (χ3v) is 15.6. The highest BCUT2D eigenvalue weighted by molar-refractivity contribution is 6.13. The average molecular weight is 1340 g/mol. The van der Waals surface area contributed by atoms with Crippen LogP contribution < -0.4 is 21.3 Å². The molecule has 21 nitrogen and oxygen atoms in total. The Balaban J connectivity index is 0.000000172. The fourth-order valence-corrected chi connectivity index (χ4v) is 10.6. The number of carbonyl (C=O) groups excluding carboxylic acids is 7. The standard InChI is InChI=1S/C26H20F2N2O4.C24H23FN2O5.C23H22FN3O5/c1-34-26(33)21-13-22(30-23(31)12-16-4-8-19(28)9-5-16)20-11-17(14-29-24(20)25(21)32)10-15-2-6-18(27)7-3-15;1-31-24(30)20-12-19(23(29)27-17-6-8-32-9-7-17)18-11-15(13-26-21(18)22(20)28)10-14-2-4-16(25)5-3-14;1-13(28)25-7-8-26-22(30)18-11-19(23(31)32-2)21(29)20-17(18)10-15(12-27-20)9-14-3-5-16(24)6-4-14/h2-9,11,13-14,32H,10,12H2,1H3,(H,30,31);2-5,11-13,17,28H,6-10H2,1H3,(H,27,29);3-6,10-12,29H,7-9H2,1-2H3,(H,25,28)(H,26,30). The Morgan fingerprint density at radius 1 is 0.459 bits per heavy atom. The monoisotopic (exact) mass is 1340 g/mol. The van der Waals surface area contributed by atoms with Crippen LogP contribution in [0, 0.1) is 23.3 Å². The molecular formula is C73H65F4N7O14. The van der Waals surface area contributed by atoms with Gasteiger partial charge in [-0.3, -0.25) is 34.1 Å². The zero-order chi connectivity index (χ0) is 70.2. The van der Waals surface area contributed by atoms with E-state index < -0.39 is 41.3 Å². The number of fused-ring (bicyclic) bond motifs is 3. The predicted octanol–water partition coefficient (Wildman–Crippen LogP) is 10.5. The third kappa shape index (κ3) is 17.9. The van der Waals surface area contributed by atoms with Gasteiger partial charge in [0, 0.05) is 85.1 Å². The number of halogens is 4. The number of ether oxygens (including phenoxy) is 4. The Kier molecular flexibility index (Phi) is 23.4. The van der Waals surface area contributed by atoms with Crippen LogP contribution in [0.3, 0.4) is 0 Å². The number of phenols is 3. The van der Waals surface area contributed by atoms with E-state index in [2.05, 4.69) is 36.2 Å². The number of benzene rings is 7. The van der Waals surface area contributed by atoms with Crippen LogP contribution in [0.1, 0.15) is 110 Å². The van der Waals surface area contributed by atoms with Gasteiger partial charge >= 0.3 is 17.9 Å². The lowest BCUT2D eigenvalue weighted by atomic mass is 9.98. The number of phenolic OH excluding ortho intramolecular Hbond substituents is 3. The largest absolute Gasteiger partial charge is 0.505 e. The molecule has 1 aliphatic rings. The predicted molar refractivity (Wildman–Crippen MR) is 353 cm³/mol. The summed E-state index contributed by atoms with van der Waals surface area (Å²) in [6.07, 6.45) is 7.30. The number of anilines is 1. The number of methoxy groups -OCH3 is 3. The molecule has 98 heavy (non-hydrogen) atoms. The van der Waals surface area contributed by atoms with Crippen molar-refractivity contribution in [3.8, 4) is 17.2 Å². The summed E-state index contributed by atoms with van der Waals surface area (Å²) in [5.74, 6) is -6.38. The van der Waals surface area contributed by atoms with Gasteiger partial charge in [-0.15, -0.1) is 0 Å². The smallest absolute Gasteiger partial charge is 0.341 e. The van der Waals surface area contributed by atoms with Gasteiger partial charge in [0.05, 0.1) is 33.4 Å². The second kappa shape index (κ2) is 32.5. The lowest BCUT2D eigenvalue weighted by molar-refractivity contribution is -0.119. The molecule has 0 spiro atoms. The molecule has 3 aromatic heterocycles. The quantitative estimate of drug-likeness (QED) is 0.0138. The minimum absolute atomic E-state index is 0.0289. The van der Waals surface area contributed by atoms with Crippen molar-refractivity contribution in [2.24, 2.45) is 0 Å². The third-order valence-electron chi connectivity index (χ3n) is 15.6. The van der Waals surface area contributed by atoms with Crippen molar-refractivity contribution in [3.63, 3.8) is 0 Å². The van der Waals surface area contributed by atoms with E-state index in [9.17, 15) is 66.4 Å². The Bertz CT molecular complexity index is 4630. The van der Waals surface area contributed by atoms with Crippen LogP contribution in [0.4, 0.5) is 23.2 Å². The molecule has 7 aromatic carbocycles. The number of nitrogens with zero attached hydrogens (tertiary/aromatic N) is 3. The van der Waals surface area contributed by atoms with E-state index in [-0.39, 0.29) is 116 Å². The molecule has 7 N–H and O–H groups in total. The molecule has 11 rings (SSSR count). The summed E-state index contributed by atoms with van der Waals surface area (Å²) < 4.78 is 72.3. The first-order valence-electron chi connectivity index (χ1n) is 30.5.